The van der Waals surface area contributed by atoms with Crippen LogP contribution in [0.4, 0.5) is 5.69 Å². The van der Waals surface area contributed by atoms with E-state index < -0.39 is 0 Å². The lowest BCUT2D eigenvalue weighted by molar-refractivity contribution is -0.113. The average Bonchev–Trinajstić information content (AvgIpc) is 3.49. The molecular weight excluding hydrogens is 372 g/mol. The highest BCUT2D eigenvalue weighted by Crippen LogP contribution is 2.40. The van der Waals surface area contributed by atoms with E-state index in [4.69, 9.17) is 4.74 Å². The summed E-state index contributed by atoms with van der Waals surface area (Å²) in [6.45, 7) is 0.718. The fourth-order valence-corrected chi connectivity index (χ4v) is 3.77. The van der Waals surface area contributed by atoms with Gasteiger partial charge in [0.05, 0.1) is 25.1 Å². The topological polar surface area (TPSA) is 69.0 Å². The van der Waals surface area contributed by atoms with Gasteiger partial charge in [-0.15, -0.1) is 10.2 Å². The molecule has 7 heteroatoms. The van der Waals surface area contributed by atoms with Crippen LogP contribution >= 0.6 is 11.8 Å². The number of nitrogens with zero attached hydrogens (tertiary/aromatic N) is 3. The Morgan fingerprint density at radius 1 is 1.14 bits per heavy atom. The minimum atomic E-state index is -0.100. The Labute approximate surface area is 168 Å². The van der Waals surface area contributed by atoms with E-state index >= 15 is 0 Å². The number of carbonyl (C=O) groups excluding carboxylic acids is 1. The Morgan fingerprint density at radius 3 is 2.64 bits per heavy atom. The number of para-hydroxylation sites is 2. The summed E-state index contributed by atoms with van der Waals surface area (Å²) in [6, 6.07) is 17.6. The molecule has 1 fully saturated rings. The molecule has 0 saturated heterocycles. The average molecular weight is 395 g/mol. The van der Waals surface area contributed by atoms with Crippen molar-refractivity contribution < 1.29 is 9.53 Å². The van der Waals surface area contributed by atoms with Crippen molar-refractivity contribution in [1.29, 1.82) is 0 Å². The van der Waals surface area contributed by atoms with Crippen molar-refractivity contribution in [3.05, 3.63) is 66.0 Å². The third-order valence-electron chi connectivity index (χ3n) is 4.58. The van der Waals surface area contributed by atoms with Gasteiger partial charge in [-0.1, -0.05) is 54.2 Å². The molecule has 0 spiro atoms. The second-order valence-electron chi connectivity index (χ2n) is 6.72. The summed E-state index contributed by atoms with van der Waals surface area (Å²) >= 11 is 1.41. The van der Waals surface area contributed by atoms with Gasteiger partial charge in [0.1, 0.15) is 11.6 Å². The fourth-order valence-electron chi connectivity index (χ4n) is 3.03. The second-order valence-corrected chi connectivity index (χ2v) is 7.67. The number of benzene rings is 2. The van der Waals surface area contributed by atoms with Crippen LogP contribution in [0.2, 0.25) is 0 Å². The number of rotatable bonds is 8. The molecule has 0 aliphatic heterocycles. The van der Waals surface area contributed by atoms with Crippen molar-refractivity contribution in [3.8, 4) is 5.75 Å². The lowest BCUT2D eigenvalue weighted by atomic mass is 10.2. The Kier molecular flexibility index (Phi) is 5.62. The molecule has 1 aromatic heterocycles. The van der Waals surface area contributed by atoms with E-state index in [1.165, 1.54) is 17.3 Å². The van der Waals surface area contributed by atoms with Crippen LogP contribution in [0.15, 0.2) is 59.8 Å². The molecule has 1 N–H and O–H groups in total. The van der Waals surface area contributed by atoms with Crippen molar-refractivity contribution in [2.45, 2.75) is 30.5 Å². The predicted octanol–water partition coefficient (Wildman–Crippen LogP) is 3.94. The molecule has 0 bridgehead atoms. The number of anilines is 1. The SMILES string of the molecule is COc1ccccc1NC(=O)CSc1nnc(C2CC2)n1Cc1ccccc1. The first-order valence-corrected chi connectivity index (χ1v) is 10.3. The maximum Gasteiger partial charge on any atom is 0.234 e. The van der Waals surface area contributed by atoms with E-state index in [9.17, 15) is 4.79 Å². The van der Waals surface area contributed by atoms with Gasteiger partial charge in [0, 0.05) is 5.92 Å². The Bertz CT molecular complexity index is 954. The van der Waals surface area contributed by atoms with Crippen LogP contribution in [0.5, 0.6) is 5.75 Å². The zero-order valence-electron chi connectivity index (χ0n) is 15.7. The summed E-state index contributed by atoms with van der Waals surface area (Å²) in [6.07, 6.45) is 2.32. The number of carbonyl (C=O) groups is 1. The van der Waals surface area contributed by atoms with Crippen LogP contribution in [0.1, 0.15) is 30.1 Å². The number of thioether (sulfide) groups is 1. The largest absolute Gasteiger partial charge is 0.495 e. The summed E-state index contributed by atoms with van der Waals surface area (Å²) in [7, 11) is 1.59. The van der Waals surface area contributed by atoms with Gasteiger partial charge in [0.25, 0.3) is 0 Å². The van der Waals surface area contributed by atoms with Crippen LogP contribution in [-0.2, 0) is 11.3 Å². The monoisotopic (exact) mass is 394 g/mol. The number of hydrogen-bond acceptors (Lipinski definition) is 5. The van der Waals surface area contributed by atoms with E-state index in [0.29, 0.717) is 17.4 Å². The molecule has 1 aliphatic rings. The molecule has 0 atom stereocenters. The minimum absolute atomic E-state index is 0.100. The number of ether oxygens (including phenoxy) is 1. The molecule has 1 saturated carbocycles. The number of amides is 1. The molecule has 1 amide bonds. The zero-order valence-corrected chi connectivity index (χ0v) is 16.5. The summed E-state index contributed by atoms with van der Waals surface area (Å²) in [4.78, 5) is 12.4. The number of nitrogens with one attached hydrogen (secondary N) is 1. The van der Waals surface area contributed by atoms with E-state index in [1.807, 2.05) is 42.5 Å². The number of aromatic nitrogens is 3. The zero-order chi connectivity index (χ0) is 19.3. The summed E-state index contributed by atoms with van der Waals surface area (Å²) in [5.41, 5.74) is 1.87. The molecule has 1 heterocycles. The Hall–Kier alpha value is -2.80. The van der Waals surface area contributed by atoms with Crippen molar-refractivity contribution >= 4 is 23.4 Å². The molecule has 1 aliphatic carbocycles. The Balaban J connectivity index is 1.45. The highest BCUT2D eigenvalue weighted by molar-refractivity contribution is 7.99. The van der Waals surface area contributed by atoms with Crippen LogP contribution in [0, 0.1) is 0 Å². The fraction of sp³-hybridized carbons (Fsp3) is 0.286. The summed E-state index contributed by atoms with van der Waals surface area (Å²) in [5, 5.41) is 12.4. The van der Waals surface area contributed by atoms with Gasteiger partial charge in [-0.25, -0.2) is 0 Å². The van der Waals surface area contributed by atoms with Crippen LogP contribution in [0.3, 0.4) is 0 Å². The molecule has 2 aromatic carbocycles. The van der Waals surface area contributed by atoms with Gasteiger partial charge >= 0.3 is 0 Å². The van der Waals surface area contributed by atoms with Crippen LogP contribution in [-0.4, -0.2) is 33.5 Å². The van der Waals surface area contributed by atoms with Crippen LogP contribution < -0.4 is 10.1 Å². The smallest absolute Gasteiger partial charge is 0.234 e. The first-order chi connectivity index (χ1) is 13.7. The molecule has 144 valence electrons. The number of hydrogen-bond donors (Lipinski definition) is 1. The summed E-state index contributed by atoms with van der Waals surface area (Å²) in [5.74, 6) is 2.32. The van der Waals surface area contributed by atoms with E-state index in [-0.39, 0.29) is 11.7 Å². The molecule has 0 radical (unpaired) electrons. The van der Waals surface area contributed by atoms with Gasteiger partial charge in [-0.2, -0.15) is 0 Å². The van der Waals surface area contributed by atoms with Gasteiger partial charge in [-0.05, 0) is 30.5 Å². The van der Waals surface area contributed by atoms with Crippen molar-refractivity contribution in [3.63, 3.8) is 0 Å². The van der Waals surface area contributed by atoms with E-state index in [0.717, 1.165) is 30.4 Å². The molecule has 28 heavy (non-hydrogen) atoms. The van der Waals surface area contributed by atoms with Gasteiger partial charge in [-0.3, -0.25) is 4.79 Å². The molecular formula is C21H22N4O2S. The highest BCUT2D eigenvalue weighted by Gasteiger charge is 2.30. The molecule has 3 aromatic rings. The lowest BCUT2D eigenvalue weighted by Gasteiger charge is -2.11. The molecule has 0 unspecified atom stereocenters. The Morgan fingerprint density at radius 2 is 1.89 bits per heavy atom. The van der Waals surface area contributed by atoms with Crippen molar-refractivity contribution in [2.75, 3.05) is 18.2 Å². The van der Waals surface area contributed by atoms with Gasteiger partial charge in [0.2, 0.25) is 5.91 Å². The maximum absolute atomic E-state index is 12.4. The quantitative estimate of drug-likeness (QED) is 0.586. The minimum Gasteiger partial charge on any atom is -0.495 e. The van der Waals surface area contributed by atoms with Crippen molar-refractivity contribution in [2.24, 2.45) is 0 Å². The van der Waals surface area contributed by atoms with E-state index in [1.54, 1.807) is 7.11 Å². The molecule has 4 rings (SSSR count). The number of methoxy groups -OCH3 is 1. The van der Waals surface area contributed by atoms with Crippen molar-refractivity contribution in [1.82, 2.24) is 14.8 Å². The third-order valence-corrected chi connectivity index (χ3v) is 5.55. The van der Waals surface area contributed by atoms with Crippen LogP contribution in [0.25, 0.3) is 0 Å². The van der Waals surface area contributed by atoms with Gasteiger partial charge < -0.3 is 14.6 Å². The molecule has 6 nitrogen and oxygen atoms in total. The maximum atomic E-state index is 12.4. The standard InChI is InChI=1S/C21H22N4O2S/c1-27-18-10-6-5-9-17(18)22-19(26)14-28-21-24-23-20(16-11-12-16)25(21)13-15-7-3-2-4-8-15/h2-10,16H,11-14H2,1H3,(H,22,26). The first kappa shape index (κ1) is 18.6. The summed E-state index contributed by atoms with van der Waals surface area (Å²) < 4.78 is 7.43. The van der Waals surface area contributed by atoms with Gasteiger partial charge in [0.15, 0.2) is 5.16 Å². The predicted molar refractivity (Wildman–Crippen MR) is 110 cm³/mol. The second kappa shape index (κ2) is 8.48. The first-order valence-electron chi connectivity index (χ1n) is 9.27. The lowest BCUT2D eigenvalue weighted by Crippen LogP contribution is -2.15. The third kappa shape index (κ3) is 4.36. The van der Waals surface area contributed by atoms with E-state index in [2.05, 4.69) is 32.2 Å². The normalized spacial score (nSPS) is 13.3. The highest BCUT2D eigenvalue weighted by atomic mass is 32.2.